The number of aromatic hydroxyl groups is 1. The number of nitrogens with zero attached hydrogens (tertiary/aromatic N) is 1. The smallest absolute Gasteiger partial charge is 0.227 e. The number of hydrogen-bond donors (Lipinski definition) is 2. The van der Waals surface area contributed by atoms with Crippen LogP contribution in [-0.4, -0.2) is 17.2 Å². The molecule has 0 atom stereocenters. The van der Waals surface area contributed by atoms with Crippen molar-refractivity contribution in [3.8, 4) is 23.0 Å². The zero-order chi connectivity index (χ0) is 13.4. The van der Waals surface area contributed by atoms with Crippen molar-refractivity contribution in [3.05, 3.63) is 36.4 Å². The Morgan fingerprint density at radius 3 is 2.79 bits per heavy atom. The molecule has 5 heteroatoms. The first-order chi connectivity index (χ1) is 9.17. The number of phenolic OH excluding ortho intramolecular Hbond substituents is 1. The molecule has 1 aromatic heterocycles. The molecular weight excluding hydrogens is 244 g/mol. The average Bonchev–Trinajstić information content (AvgIpc) is 2.84. The van der Waals surface area contributed by atoms with Gasteiger partial charge in [0.1, 0.15) is 17.0 Å². The molecule has 96 valence electrons. The number of nitrogens with two attached hydrogens (primary N) is 1. The van der Waals surface area contributed by atoms with Crippen LogP contribution in [0.2, 0.25) is 0 Å². The summed E-state index contributed by atoms with van der Waals surface area (Å²) < 4.78 is 10.8. The van der Waals surface area contributed by atoms with Gasteiger partial charge in [0.2, 0.25) is 5.89 Å². The number of rotatable bonds is 2. The van der Waals surface area contributed by atoms with Crippen LogP contribution in [0.5, 0.6) is 11.5 Å². The van der Waals surface area contributed by atoms with Crippen molar-refractivity contribution in [1.29, 1.82) is 0 Å². The number of phenols is 1. The number of anilines is 1. The molecule has 2 aromatic carbocycles. The summed E-state index contributed by atoms with van der Waals surface area (Å²) in [7, 11) is 1.59. The predicted octanol–water partition coefficient (Wildman–Crippen LogP) is 2.79. The summed E-state index contributed by atoms with van der Waals surface area (Å²) in [5.74, 6) is 1.14. The van der Waals surface area contributed by atoms with Gasteiger partial charge in [-0.05, 0) is 30.3 Å². The van der Waals surface area contributed by atoms with Gasteiger partial charge in [0.25, 0.3) is 0 Å². The van der Waals surface area contributed by atoms with Crippen molar-refractivity contribution in [2.45, 2.75) is 0 Å². The number of ether oxygens (including phenoxy) is 1. The average molecular weight is 256 g/mol. The fourth-order valence-electron chi connectivity index (χ4n) is 1.83. The minimum Gasteiger partial charge on any atom is -0.506 e. The molecule has 3 aromatic rings. The zero-order valence-corrected chi connectivity index (χ0v) is 10.3. The molecule has 0 saturated carbocycles. The van der Waals surface area contributed by atoms with Crippen LogP contribution in [0, 0.1) is 0 Å². The Bertz CT molecular complexity index is 750. The van der Waals surface area contributed by atoms with E-state index in [2.05, 4.69) is 4.98 Å². The number of fused-ring (bicyclic) bond motifs is 1. The maximum Gasteiger partial charge on any atom is 0.227 e. The second kappa shape index (κ2) is 4.20. The van der Waals surface area contributed by atoms with Crippen LogP contribution in [0.25, 0.3) is 22.6 Å². The SMILES string of the molecule is COc1ccc2nc(-c3ccc(N)c(O)c3)oc2c1. The molecule has 3 N–H and O–H groups in total. The van der Waals surface area contributed by atoms with Crippen molar-refractivity contribution >= 4 is 16.8 Å². The van der Waals surface area contributed by atoms with E-state index in [-0.39, 0.29) is 5.75 Å². The van der Waals surface area contributed by atoms with Crippen molar-refractivity contribution in [2.24, 2.45) is 0 Å². The third-order valence-electron chi connectivity index (χ3n) is 2.87. The first-order valence-corrected chi connectivity index (χ1v) is 5.71. The summed E-state index contributed by atoms with van der Waals surface area (Å²) in [6.07, 6.45) is 0. The molecule has 0 aliphatic heterocycles. The minimum atomic E-state index is 0.0114. The highest BCUT2D eigenvalue weighted by Gasteiger charge is 2.10. The molecule has 0 aliphatic carbocycles. The maximum absolute atomic E-state index is 9.60. The monoisotopic (exact) mass is 256 g/mol. The van der Waals surface area contributed by atoms with Gasteiger partial charge in [0, 0.05) is 11.6 Å². The van der Waals surface area contributed by atoms with E-state index in [0.29, 0.717) is 28.5 Å². The van der Waals surface area contributed by atoms with E-state index in [0.717, 1.165) is 5.52 Å². The van der Waals surface area contributed by atoms with Crippen molar-refractivity contribution in [2.75, 3.05) is 12.8 Å². The van der Waals surface area contributed by atoms with E-state index in [9.17, 15) is 5.11 Å². The Kier molecular flexibility index (Phi) is 2.52. The van der Waals surface area contributed by atoms with Gasteiger partial charge in [0.15, 0.2) is 5.58 Å². The molecule has 0 bridgehead atoms. The van der Waals surface area contributed by atoms with Crippen molar-refractivity contribution in [1.82, 2.24) is 4.98 Å². The molecule has 0 saturated heterocycles. The number of hydrogen-bond acceptors (Lipinski definition) is 5. The van der Waals surface area contributed by atoms with E-state index < -0.39 is 0 Å². The fraction of sp³-hybridized carbons (Fsp3) is 0.0714. The molecule has 0 unspecified atom stereocenters. The molecule has 19 heavy (non-hydrogen) atoms. The number of oxazole rings is 1. The second-order valence-corrected chi connectivity index (χ2v) is 4.13. The molecule has 3 rings (SSSR count). The van der Waals surface area contributed by atoms with Gasteiger partial charge in [-0.15, -0.1) is 0 Å². The highest BCUT2D eigenvalue weighted by molar-refractivity contribution is 5.78. The normalized spacial score (nSPS) is 10.8. The quantitative estimate of drug-likeness (QED) is 0.544. The third-order valence-corrected chi connectivity index (χ3v) is 2.87. The summed E-state index contributed by atoms with van der Waals surface area (Å²) in [4.78, 5) is 4.35. The molecule has 5 nitrogen and oxygen atoms in total. The minimum absolute atomic E-state index is 0.0114. The van der Waals surface area contributed by atoms with Gasteiger partial charge in [-0.25, -0.2) is 4.98 Å². The first-order valence-electron chi connectivity index (χ1n) is 5.71. The van der Waals surface area contributed by atoms with Gasteiger partial charge in [-0.3, -0.25) is 0 Å². The summed E-state index contributed by atoms with van der Waals surface area (Å²) in [5, 5.41) is 9.60. The molecular formula is C14H12N2O3. The van der Waals surface area contributed by atoms with Gasteiger partial charge in [0.05, 0.1) is 12.8 Å². The van der Waals surface area contributed by atoms with Crippen LogP contribution in [0.15, 0.2) is 40.8 Å². The highest BCUT2D eigenvalue weighted by atomic mass is 16.5. The van der Waals surface area contributed by atoms with Crippen LogP contribution < -0.4 is 10.5 Å². The number of benzene rings is 2. The van der Waals surface area contributed by atoms with Crippen LogP contribution in [0.3, 0.4) is 0 Å². The Morgan fingerprint density at radius 1 is 1.21 bits per heavy atom. The zero-order valence-electron chi connectivity index (χ0n) is 10.3. The Labute approximate surface area is 109 Å². The lowest BCUT2D eigenvalue weighted by Crippen LogP contribution is -1.85. The van der Waals surface area contributed by atoms with Crippen molar-refractivity contribution in [3.63, 3.8) is 0 Å². The van der Waals surface area contributed by atoms with E-state index >= 15 is 0 Å². The number of methoxy groups -OCH3 is 1. The fourth-order valence-corrected chi connectivity index (χ4v) is 1.83. The van der Waals surface area contributed by atoms with Gasteiger partial charge in [-0.2, -0.15) is 0 Å². The molecule has 0 radical (unpaired) electrons. The summed E-state index contributed by atoms with van der Waals surface area (Å²) in [6.45, 7) is 0. The van der Waals surface area contributed by atoms with Crippen LogP contribution in [0.4, 0.5) is 5.69 Å². The van der Waals surface area contributed by atoms with Crippen LogP contribution in [0.1, 0.15) is 0 Å². The Balaban J connectivity index is 2.11. The third kappa shape index (κ3) is 1.95. The van der Waals surface area contributed by atoms with Crippen molar-refractivity contribution < 1.29 is 14.3 Å². The molecule has 0 aliphatic rings. The topological polar surface area (TPSA) is 81.5 Å². The van der Waals surface area contributed by atoms with Crippen LogP contribution >= 0.6 is 0 Å². The van der Waals surface area contributed by atoms with Gasteiger partial charge < -0.3 is 20.0 Å². The van der Waals surface area contributed by atoms with Gasteiger partial charge in [-0.1, -0.05) is 0 Å². The van der Waals surface area contributed by atoms with E-state index in [1.807, 2.05) is 12.1 Å². The molecule has 1 heterocycles. The van der Waals surface area contributed by atoms with E-state index in [1.54, 1.807) is 25.3 Å². The lowest BCUT2D eigenvalue weighted by Gasteiger charge is -1.99. The second-order valence-electron chi connectivity index (χ2n) is 4.13. The van der Waals surface area contributed by atoms with Gasteiger partial charge >= 0.3 is 0 Å². The maximum atomic E-state index is 9.60. The first kappa shape index (κ1) is 11.4. The Morgan fingerprint density at radius 2 is 2.05 bits per heavy atom. The number of nitrogen functional groups attached to an aromatic ring is 1. The van der Waals surface area contributed by atoms with E-state index in [4.69, 9.17) is 14.9 Å². The van der Waals surface area contributed by atoms with Crippen LogP contribution in [-0.2, 0) is 0 Å². The Hall–Kier alpha value is -2.69. The van der Waals surface area contributed by atoms with E-state index in [1.165, 1.54) is 6.07 Å². The molecule has 0 amide bonds. The highest BCUT2D eigenvalue weighted by Crippen LogP contribution is 2.30. The summed E-state index contributed by atoms with van der Waals surface area (Å²) in [6, 6.07) is 10.3. The largest absolute Gasteiger partial charge is 0.506 e. The number of aromatic nitrogens is 1. The lowest BCUT2D eigenvalue weighted by molar-refractivity contribution is 0.414. The predicted molar refractivity (Wildman–Crippen MR) is 72.1 cm³/mol. The summed E-state index contributed by atoms with van der Waals surface area (Å²) >= 11 is 0. The summed E-state index contributed by atoms with van der Waals surface area (Å²) in [5.41, 5.74) is 7.91. The molecule has 0 fully saturated rings. The molecule has 0 spiro atoms. The standard InChI is InChI=1S/C14H12N2O3/c1-18-9-3-5-11-13(7-9)19-14(16-11)8-2-4-10(15)12(17)6-8/h2-7,17H,15H2,1H3. The lowest BCUT2D eigenvalue weighted by atomic mass is 10.2.